The lowest BCUT2D eigenvalue weighted by molar-refractivity contribution is 0.112. The van der Waals surface area contributed by atoms with E-state index in [0.717, 1.165) is 43.7 Å². The zero-order valence-electron chi connectivity index (χ0n) is 10.9. The van der Waals surface area contributed by atoms with E-state index in [1.807, 2.05) is 12.1 Å². The van der Waals surface area contributed by atoms with Crippen molar-refractivity contribution < 1.29 is 9.53 Å². The van der Waals surface area contributed by atoms with Crippen LogP contribution in [0.2, 0.25) is 0 Å². The molecule has 1 rings (SSSR count). The Morgan fingerprint density at radius 3 is 2.35 bits per heavy atom. The van der Waals surface area contributed by atoms with Crippen LogP contribution in [0.15, 0.2) is 18.2 Å². The molecule has 0 radical (unpaired) electrons. The second kappa shape index (κ2) is 6.94. The number of hydrogen-bond donors (Lipinski definition) is 0. The highest BCUT2D eigenvalue weighted by molar-refractivity contribution is 5.78. The van der Waals surface area contributed by atoms with Gasteiger partial charge in [0, 0.05) is 18.7 Å². The number of carbonyl (C=O) groups excluding carboxylic acids is 1. The average Bonchev–Trinajstić information content (AvgIpc) is 2.37. The van der Waals surface area contributed by atoms with Gasteiger partial charge >= 0.3 is 0 Å². The van der Waals surface area contributed by atoms with Crippen LogP contribution in [0.5, 0.6) is 5.75 Å². The monoisotopic (exact) mass is 235 g/mol. The first-order chi connectivity index (χ1) is 8.26. The third kappa shape index (κ3) is 3.48. The molecule has 0 atom stereocenters. The van der Waals surface area contributed by atoms with Crippen molar-refractivity contribution in [2.24, 2.45) is 0 Å². The number of hydrogen-bond acceptors (Lipinski definition) is 3. The van der Waals surface area contributed by atoms with E-state index >= 15 is 0 Å². The van der Waals surface area contributed by atoms with Gasteiger partial charge in [-0.15, -0.1) is 0 Å². The fourth-order valence-corrected chi connectivity index (χ4v) is 1.92. The van der Waals surface area contributed by atoms with E-state index < -0.39 is 0 Å². The second-order valence-corrected chi connectivity index (χ2v) is 4.04. The van der Waals surface area contributed by atoms with E-state index in [1.165, 1.54) is 0 Å². The number of rotatable bonds is 7. The maximum absolute atomic E-state index is 10.7. The highest BCUT2D eigenvalue weighted by atomic mass is 16.5. The number of ether oxygens (including phenoxy) is 1. The molecule has 1 aromatic carbocycles. The fraction of sp³-hybridized carbons (Fsp3) is 0.500. The number of methoxy groups -OCH3 is 1. The van der Waals surface area contributed by atoms with Crippen LogP contribution in [0.4, 0.5) is 5.69 Å². The molecule has 0 saturated carbocycles. The summed E-state index contributed by atoms with van der Waals surface area (Å²) in [6.07, 6.45) is 3.04. The summed E-state index contributed by atoms with van der Waals surface area (Å²) in [5.41, 5.74) is 1.72. The van der Waals surface area contributed by atoms with E-state index in [0.29, 0.717) is 5.56 Å². The topological polar surface area (TPSA) is 29.5 Å². The zero-order valence-corrected chi connectivity index (χ0v) is 10.9. The van der Waals surface area contributed by atoms with Crippen molar-refractivity contribution in [3.63, 3.8) is 0 Å². The minimum absolute atomic E-state index is 0.651. The predicted molar refractivity (Wildman–Crippen MR) is 71.2 cm³/mol. The molecular weight excluding hydrogens is 214 g/mol. The third-order valence-electron chi connectivity index (χ3n) is 2.67. The van der Waals surface area contributed by atoms with E-state index in [2.05, 4.69) is 18.7 Å². The van der Waals surface area contributed by atoms with Gasteiger partial charge in [0.15, 0.2) is 0 Å². The number of nitrogens with zero attached hydrogens (tertiary/aromatic N) is 1. The van der Waals surface area contributed by atoms with Crippen LogP contribution in [0.25, 0.3) is 0 Å². The van der Waals surface area contributed by atoms with Crippen molar-refractivity contribution in [1.29, 1.82) is 0 Å². The van der Waals surface area contributed by atoms with Crippen LogP contribution in [0.3, 0.4) is 0 Å². The number of aldehydes is 1. The Morgan fingerprint density at radius 1 is 1.24 bits per heavy atom. The van der Waals surface area contributed by atoms with Crippen molar-refractivity contribution >= 4 is 12.0 Å². The quantitative estimate of drug-likeness (QED) is 0.680. The Bertz CT molecular complexity index is 357. The lowest BCUT2D eigenvalue weighted by Crippen LogP contribution is -2.25. The lowest BCUT2D eigenvalue weighted by Gasteiger charge is -2.25. The van der Waals surface area contributed by atoms with Gasteiger partial charge in [0.05, 0.1) is 12.8 Å². The third-order valence-corrected chi connectivity index (χ3v) is 2.67. The Morgan fingerprint density at radius 2 is 1.88 bits per heavy atom. The Kier molecular flexibility index (Phi) is 5.53. The molecule has 3 heteroatoms. The molecule has 3 nitrogen and oxygen atoms in total. The van der Waals surface area contributed by atoms with Crippen LogP contribution >= 0.6 is 0 Å². The van der Waals surface area contributed by atoms with Gasteiger partial charge in [-0.05, 0) is 31.0 Å². The normalized spacial score (nSPS) is 10.1. The minimum atomic E-state index is 0.651. The van der Waals surface area contributed by atoms with Gasteiger partial charge in [-0.2, -0.15) is 0 Å². The Hall–Kier alpha value is -1.51. The Balaban J connectivity index is 3.03. The van der Waals surface area contributed by atoms with E-state index in [9.17, 15) is 4.79 Å². The van der Waals surface area contributed by atoms with Gasteiger partial charge in [-0.25, -0.2) is 0 Å². The average molecular weight is 235 g/mol. The first-order valence-electron chi connectivity index (χ1n) is 6.15. The molecule has 0 aliphatic carbocycles. The summed E-state index contributed by atoms with van der Waals surface area (Å²) in [6.45, 7) is 6.33. The number of carbonyl (C=O) groups is 1. The Labute approximate surface area is 103 Å². The summed E-state index contributed by atoms with van der Waals surface area (Å²) < 4.78 is 5.36. The first kappa shape index (κ1) is 13.6. The van der Waals surface area contributed by atoms with Gasteiger partial charge in [-0.1, -0.05) is 13.8 Å². The fourth-order valence-electron chi connectivity index (χ4n) is 1.92. The standard InChI is InChI=1S/C14H21NO2/c1-4-8-15(9-5-2)13-7-6-12(11-16)10-14(13)17-3/h6-7,10-11H,4-5,8-9H2,1-3H3. The van der Waals surface area contributed by atoms with E-state index in [4.69, 9.17) is 4.74 Å². The molecule has 0 aliphatic heterocycles. The predicted octanol–water partition coefficient (Wildman–Crippen LogP) is 3.13. The van der Waals surface area contributed by atoms with Crippen LogP contribution in [-0.4, -0.2) is 26.5 Å². The second-order valence-electron chi connectivity index (χ2n) is 4.04. The van der Waals surface area contributed by atoms with Gasteiger partial charge < -0.3 is 9.64 Å². The molecule has 1 aromatic rings. The van der Waals surface area contributed by atoms with Crippen molar-refractivity contribution in [2.45, 2.75) is 26.7 Å². The molecule has 0 spiro atoms. The molecule has 0 N–H and O–H groups in total. The largest absolute Gasteiger partial charge is 0.495 e. The SMILES string of the molecule is CCCN(CCC)c1ccc(C=O)cc1OC. The molecule has 0 aliphatic rings. The smallest absolute Gasteiger partial charge is 0.150 e. The molecule has 0 saturated heterocycles. The first-order valence-corrected chi connectivity index (χ1v) is 6.15. The van der Waals surface area contributed by atoms with Crippen LogP contribution in [0.1, 0.15) is 37.0 Å². The molecule has 94 valence electrons. The molecule has 0 amide bonds. The summed E-state index contributed by atoms with van der Waals surface area (Å²) in [6, 6.07) is 5.59. The maximum atomic E-state index is 10.7. The number of anilines is 1. The summed E-state index contributed by atoms with van der Waals surface area (Å²) in [7, 11) is 1.64. The minimum Gasteiger partial charge on any atom is -0.495 e. The van der Waals surface area contributed by atoms with Crippen molar-refractivity contribution in [3.8, 4) is 5.75 Å². The summed E-state index contributed by atoms with van der Waals surface area (Å²) >= 11 is 0. The highest BCUT2D eigenvalue weighted by Gasteiger charge is 2.11. The van der Waals surface area contributed by atoms with Gasteiger partial charge in [-0.3, -0.25) is 4.79 Å². The maximum Gasteiger partial charge on any atom is 0.150 e. The summed E-state index contributed by atoms with van der Waals surface area (Å²) in [4.78, 5) is 13.0. The molecule has 0 bridgehead atoms. The molecule has 0 unspecified atom stereocenters. The lowest BCUT2D eigenvalue weighted by atomic mass is 10.1. The molecule has 0 fully saturated rings. The van der Waals surface area contributed by atoms with Crippen LogP contribution in [-0.2, 0) is 0 Å². The van der Waals surface area contributed by atoms with Gasteiger partial charge in [0.25, 0.3) is 0 Å². The summed E-state index contributed by atoms with van der Waals surface area (Å²) in [5.74, 6) is 0.775. The van der Waals surface area contributed by atoms with Crippen molar-refractivity contribution in [2.75, 3.05) is 25.1 Å². The van der Waals surface area contributed by atoms with Crippen LogP contribution in [0, 0.1) is 0 Å². The van der Waals surface area contributed by atoms with Crippen LogP contribution < -0.4 is 9.64 Å². The highest BCUT2D eigenvalue weighted by Crippen LogP contribution is 2.29. The van der Waals surface area contributed by atoms with Gasteiger partial charge in [0.2, 0.25) is 0 Å². The molecule has 0 aromatic heterocycles. The molecular formula is C14H21NO2. The summed E-state index contributed by atoms with van der Waals surface area (Å²) in [5, 5.41) is 0. The molecule has 0 heterocycles. The van der Waals surface area contributed by atoms with E-state index in [-0.39, 0.29) is 0 Å². The van der Waals surface area contributed by atoms with Gasteiger partial charge in [0.1, 0.15) is 12.0 Å². The zero-order chi connectivity index (χ0) is 12.7. The molecule has 17 heavy (non-hydrogen) atoms. The van der Waals surface area contributed by atoms with Crippen molar-refractivity contribution in [1.82, 2.24) is 0 Å². The number of benzene rings is 1. The van der Waals surface area contributed by atoms with Crippen molar-refractivity contribution in [3.05, 3.63) is 23.8 Å². The van der Waals surface area contributed by atoms with E-state index in [1.54, 1.807) is 13.2 Å².